The Morgan fingerprint density at radius 1 is 1.04 bits per heavy atom. The van der Waals surface area contributed by atoms with Crippen LogP contribution in [0.4, 0.5) is 23.1 Å². The first kappa shape index (κ1) is 34.9. The van der Waals surface area contributed by atoms with Crippen molar-refractivity contribution in [3.63, 3.8) is 0 Å². The molecule has 0 unspecified atom stereocenters. The Labute approximate surface area is 283 Å². The van der Waals surface area contributed by atoms with Crippen molar-refractivity contribution in [1.29, 1.82) is 0 Å². The number of H-pyrrole nitrogens is 1. The number of nitro benzene ring substituents is 1. The maximum atomic E-state index is 13.3. The number of likely N-dealkylation sites (N-methyl/N-ethyl adjacent to an activating group) is 1. The highest BCUT2D eigenvalue weighted by Crippen LogP contribution is 2.39. The topological polar surface area (TPSA) is 172 Å². The number of sulfone groups is 1. The van der Waals surface area contributed by atoms with Gasteiger partial charge in [0, 0.05) is 73.6 Å². The van der Waals surface area contributed by atoms with Crippen LogP contribution >= 0.6 is 11.8 Å². The largest absolute Gasteiger partial charge is 0.496 e. The molecular weight excluding hydrogens is 659 g/mol. The summed E-state index contributed by atoms with van der Waals surface area (Å²) >= 11 is 1.28. The van der Waals surface area contributed by atoms with Gasteiger partial charge in [0.15, 0.2) is 32.4 Å². The van der Waals surface area contributed by atoms with E-state index in [1.807, 2.05) is 13.0 Å². The van der Waals surface area contributed by atoms with Crippen LogP contribution in [-0.2, 0) is 15.6 Å². The van der Waals surface area contributed by atoms with E-state index in [1.54, 1.807) is 19.2 Å². The molecule has 0 amide bonds. The number of hydrogen-bond acceptors (Lipinski definition) is 14. The summed E-state index contributed by atoms with van der Waals surface area (Å²) in [7, 11) is 3.26. The van der Waals surface area contributed by atoms with E-state index < -0.39 is 20.5 Å². The zero-order chi connectivity index (χ0) is 34.4. The average molecular weight is 698 g/mol. The number of aromatic nitrogens is 4. The second-order valence-electron chi connectivity index (χ2n) is 11.5. The number of anilines is 3. The lowest BCUT2D eigenvalue weighted by Crippen LogP contribution is -2.48. The van der Waals surface area contributed by atoms with Crippen molar-refractivity contribution >= 4 is 44.7 Å². The highest BCUT2D eigenvalue weighted by molar-refractivity contribution is 7.99. The minimum absolute atomic E-state index is 0.0696. The van der Waals surface area contributed by atoms with Gasteiger partial charge in [-0.05, 0) is 63.1 Å². The molecule has 0 atom stereocenters. The summed E-state index contributed by atoms with van der Waals surface area (Å²) in [6.45, 7) is 7.14. The Kier molecular flexibility index (Phi) is 11.0. The normalized spacial score (nSPS) is 13.9. The number of ether oxygens (including phenoxy) is 2. The van der Waals surface area contributed by atoms with Gasteiger partial charge in [-0.1, -0.05) is 0 Å². The fourth-order valence-corrected chi connectivity index (χ4v) is 7.28. The highest BCUT2D eigenvalue weighted by Gasteiger charge is 2.26. The first-order chi connectivity index (χ1) is 22.9. The number of aromatic amines is 1. The lowest BCUT2D eigenvalue weighted by Gasteiger charge is -2.36. The minimum Gasteiger partial charge on any atom is -0.496 e. The first-order valence-electron chi connectivity index (χ1n) is 15.1. The Bertz CT molecular complexity index is 1840. The second kappa shape index (κ2) is 15.2. The van der Waals surface area contributed by atoms with Crippen LogP contribution in [-0.4, -0.2) is 111 Å². The molecule has 17 heteroatoms. The van der Waals surface area contributed by atoms with Crippen molar-refractivity contribution in [2.75, 3.05) is 77.8 Å². The molecule has 1 aliphatic heterocycles. The van der Waals surface area contributed by atoms with E-state index in [9.17, 15) is 18.5 Å². The van der Waals surface area contributed by atoms with Crippen molar-refractivity contribution in [3.05, 3.63) is 69.9 Å². The summed E-state index contributed by atoms with van der Waals surface area (Å²) in [6.07, 6.45) is 0. The Morgan fingerprint density at radius 2 is 1.77 bits per heavy atom. The van der Waals surface area contributed by atoms with Gasteiger partial charge >= 0.3 is 0 Å². The number of nitro groups is 1. The van der Waals surface area contributed by atoms with E-state index >= 15 is 0 Å². The number of benzene rings is 2. The molecule has 1 fully saturated rings. The fraction of sp³-hybridized carbons (Fsp3) is 0.387. The van der Waals surface area contributed by atoms with Gasteiger partial charge < -0.3 is 24.6 Å². The number of nitrogens with one attached hydrogen (secondary N) is 2. The van der Waals surface area contributed by atoms with Crippen molar-refractivity contribution in [2.45, 2.75) is 27.6 Å². The standard InChI is InChI=1S/C31H39N9O6S2/c1-21-18-27(36-35-21)32-29-28(46-5)30(39-16-14-38(15-17-39)13-12-37(2)3)34-31(33-29)47-24-7-9-25(10-8-24)48(43,44)20-22-19-23(40(41)42)6-11-26(22)45-4/h6-11,18-19H,12-17,20H2,1-5H3,(H2,32,33,34,35,36). The fourth-order valence-electron chi connectivity index (χ4n) is 5.18. The lowest BCUT2D eigenvalue weighted by atomic mass is 10.2. The summed E-state index contributed by atoms with van der Waals surface area (Å²) < 4.78 is 37.8. The van der Waals surface area contributed by atoms with Crippen molar-refractivity contribution in [2.24, 2.45) is 0 Å². The molecule has 256 valence electrons. The second-order valence-corrected chi connectivity index (χ2v) is 14.5. The molecule has 2 aromatic carbocycles. The SMILES string of the molecule is COc1ccc([N+](=O)[O-])cc1CS(=O)(=O)c1ccc(Sc2nc(Nc3cc(C)[nH]n3)c(OC)c(N3CCN(CCN(C)C)CC3)n2)cc1. The number of methoxy groups -OCH3 is 2. The third-order valence-electron chi connectivity index (χ3n) is 7.73. The number of hydrogen-bond donors (Lipinski definition) is 2. The molecule has 0 aliphatic carbocycles. The van der Waals surface area contributed by atoms with E-state index in [-0.39, 0.29) is 21.9 Å². The molecular formula is C31H39N9O6S2. The molecule has 4 aromatic rings. The predicted octanol–water partition coefficient (Wildman–Crippen LogP) is 3.99. The van der Waals surface area contributed by atoms with Crippen LogP contribution in [0, 0.1) is 17.0 Å². The molecule has 0 saturated carbocycles. The third kappa shape index (κ3) is 8.52. The van der Waals surface area contributed by atoms with Crippen LogP contribution in [0.2, 0.25) is 0 Å². The zero-order valence-electron chi connectivity index (χ0n) is 27.5. The molecule has 48 heavy (non-hydrogen) atoms. The van der Waals surface area contributed by atoms with Crippen LogP contribution in [0.25, 0.3) is 0 Å². The molecule has 3 heterocycles. The lowest BCUT2D eigenvalue weighted by molar-refractivity contribution is -0.384. The van der Waals surface area contributed by atoms with Gasteiger partial charge in [-0.25, -0.2) is 18.4 Å². The summed E-state index contributed by atoms with van der Waals surface area (Å²) in [5.74, 6) is 1.99. The molecule has 0 radical (unpaired) electrons. The predicted molar refractivity (Wildman–Crippen MR) is 184 cm³/mol. The molecule has 0 spiro atoms. The van der Waals surface area contributed by atoms with E-state index in [1.165, 1.54) is 49.2 Å². The van der Waals surface area contributed by atoms with Crippen molar-refractivity contribution in [1.82, 2.24) is 30.0 Å². The highest BCUT2D eigenvalue weighted by atomic mass is 32.2. The van der Waals surface area contributed by atoms with Gasteiger partial charge in [-0.2, -0.15) is 5.10 Å². The van der Waals surface area contributed by atoms with E-state index in [0.717, 1.165) is 45.0 Å². The summed E-state index contributed by atoms with van der Waals surface area (Å²) in [4.78, 5) is 28.0. The average Bonchev–Trinajstić information content (AvgIpc) is 3.47. The van der Waals surface area contributed by atoms with Gasteiger partial charge in [-0.3, -0.25) is 20.1 Å². The Morgan fingerprint density at radius 3 is 2.38 bits per heavy atom. The van der Waals surface area contributed by atoms with Gasteiger partial charge in [0.1, 0.15) is 5.75 Å². The minimum atomic E-state index is -3.85. The van der Waals surface area contributed by atoms with Crippen LogP contribution in [0.5, 0.6) is 11.5 Å². The molecule has 15 nitrogen and oxygen atoms in total. The summed E-state index contributed by atoms with van der Waals surface area (Å²) in [6, 6.07) is 12.1. The van der Waals surface area contributed by atoms with Gasteiger partial charge in [0.25, 0.3) is 5.69 Å². The molecule has 2 N–H and O–H groups in total. The monoisotopic (exact) mass is 697 g/mol. The maximum absolute atomic E-state index is 13.3. The molecule has 5 rings (SSSR count). The quantitative estimate of drug-likeness (QED) is 0.110. The van der Waals surface area contributed by atoms with E-state index in [2.05, 4.69) is 44.3 Å². The number of rotatable bonds is 14. The van der Waals surface area contributed by atoms with E-state index in [4.69, 9.17) is 19.4 Å². The smallest absolute Gasteiger partial charge is 0.270 e. The van der Waals surface area contributed by atoms with Crippen molar-refractivity contribution in [3.8, 4) is 11.5 Å². The van der Waals surface area contributed by atoms with Crippen LogP contribution in [0.1, 0.15) is 11.3 Å². The van der Waals surface area contributed by atoms with Gasteiger partial charge in [0.2, 0.25) is 5.75 Å². The summed E-state index contributed by atoms with van der Waals surface area (Å²) in [5, 5.41) is 22.2. The number of aryl methyl sites for hydroxylation is 1. The van der Waals surface area contributed by atoms with Gasteiger partial charge in [-0.15, -0.1) is 0 Å². The van der Waals surface area contributed by atoms with Gasteiger partial charge in [0.05, 0.1) is 29.8 Å². The number of non-ortho nitro benzene ring substituents is 1. The first-order valence-corrected chi connectivity index (χ1v) is 17.6. The Hall–Kier alpha value is -4.45. The molecule has 1 aliphatic rings. The molecule has 0 bridgehead atoms. The van der Waals surface area contributed by atoms with Crippen LogP contribution < -0.4 is 19.7 Å². The maximum Gasteiger partial charge on any atom is 0.270 e. The number of piperazine rings is 1. The van der Waals surface area contributed by atoms with Crippen LogP contribution in [0.3, 0.4) is 0 Å². The summed E-state index contributed by atoms with van der Waals surface area (Å²) in [5.41, 5.74) is 0.872. The van der Waals surface area contributed by atoms with Crippen LogP contribution in [0.15, 0.2) is 63.5 Å². The Balaban J connectivity index is 1.39. The zero-order valence-corrected chi connectivity index (χ0v) is 29.1. The number of nitrogens with zero attached hydrogens (tertiary/aromatic N) is 7. The van der Waals surface area contributed by atoms with Crippen molar-refractivity contribution < 1.29 is 22.8 Å². The molecule has 2 aromatic heterocycles. The molecule has 1 saturated heterocycles. The van der Waals surface area contributed by atoms with E-state index in [0.29, 0.717) is 33.3 Å². The third-order valence-corrected chi connectivity index (χ3v) is 10.3.